The van der Waals surface area contributed by atoms with Crippen LogP contribution in [0.5, 0.6) is 0 Å². The predicted octanol–water partition coefficient (Wildman–Crippen LogP) is 2.42. The summed E-state index contributed by atoms with van der Waals surface area (Å²) in [6.45, 7) is 13.4. The molecule has 86 valence electrons. The zero-order valence-electron chi connectivity index (χ0n) is 10.6. The molecule has 14 heavy (non-hydrogen) atoms. The first-order valence-electron chi connectivity index (χ1n) is 5.70. The average molecular weight is 201 g/mol. The summed E-state index contributed by atoms with van der Waals surface area (Å²) in [6.07, 6.45) is 0.852. The fourth-order valence-corrected chi connectivity index (χ4v) is 1.57. The number of hydrogen-bond acceptors (Lipinski definition) is 2. The lowest BCUT2D eigenvalue weighted by Gasteiger charge is -2.28. The first-order chi connectivity index (χ1) is 6.24. The minimum Gasteiger partial charge on any atom is -0.389 e. The van der Waals surface area contributed by atoms with E-state index in [0.717, 1.165) is 6.42 Å². The highest BCUT2D eigenvalue weighted by atomic mass is 16.3. The summed E-state index contributed by atoms with van der Waals surface area (Å²) in [5.74, 6) is 1.16. The van der Waals surface area contributed by atoms with E-state index in [2.05, 4.69) is 39.9 Å². The first kappa shape index (κ1) is 13.9. The smallest absolute Gasteiger partial charge is 0.0746 e. The maximum absolute atomic E-state index is 10.1. The third-order valence-corrected chi connectivity index (χ3v) is 2.65. The van der Waals surface area contributed by atoms with Gasteiger partial charge in [0, 0.05) is 12.6 Å². The molecular formula is C12H27NO. The van der Waals surface area contributed by atoms with Gasteiger partial charge in [-0.25, -0.2) is 0 Å². The number of hydrogen-bond donors (Lipinski definition) is 2. The summed E-state index contributed by atoms with van der Waals surface area (Å²) in [4.78, 5) is 0. The van der Waals surface area contributed by atoms with Crippen molar-refractivity contribution in [2.45, 2.75) is 59.6 Å². The third kappa shape index (κ3) is 6.39. The summed E-state index contributed by atoms with van der Waals surface area (Å²) in [5, 5.41) is 13.4. The van der Waals surface area contributed by atoms with Gasteiger partial charge in [0.05, 0.1) is 5.60 Å². The largest absolute Gasteiger partial charge is 0.389 e. The lowest BCUT2D eigenvalue weighted by molar-refractivity contribution is 0.0350. The van der Waals surface area contributed by atoms with Gasteiger partial charge >= 0.3 is 0 Å². The molecule has 0 aliphatic heterocycles. The van der Waals surface area contributed by atoms with E-state index >= 15 is 0 Å². The molecule has 2 heteroatoms. The lowest BCUT2D eigenvalue weighted by Crippen LogP contribution is -2.43. The van der Waals surface area contributed by atoms with Gasteiger partial charge in [0.1, 0.15) is 0 Å². The Kier molecular flexibility index (Phi) is 5.68. The van der Waals surface area contributed by atoms with Crippen molar-refractivity contribution in [1.82, 2.24) is 5.32 Å². The van der Waals surface area contributed by atoms with Crippen LogP contribution in [0.4, 0.5) is 0 Å². The summed E-state index contributed by atoms with van der Waals surface area (Å²) in [6, 6.07) is 0.466. The highest BCUT2D eigenvalue weighted by Gasteiger charge is 2.22. The van der Waals surface area contributed by atoms with Gasteiger partial charge in [0.2, 0.25) is 0 Å². The van der Waals surface area contributed by atoms with Crippen molar-refractivity contribution in [3.05, 3.63) is 0 Å². The van der Waals surface area contributed by atoms with E-state index in [1.807, 2.05) is 6.92 Å². The lowest BCUT2D eigenvalue weighted by atomic mass is 9.93. The first-order valence-corrected chi connectivity index (χ1v) is 5.70. The Bertz CT molecular complexity index is 152. The Hall–Kier alpha value is -0.0800. The topological polar surface area (TPSA) is 32.3 Å². The van der Waals surface area contributed by atoms with Crippen molar-refractivity contribution in [1.29, 1.82) is 0 Å². The van der Waals surface area contributed by atoms with E-state index in [9.17, 15) is 5.11 Å². The molecule has 0 aromatic carbocycles. The quantitative estimate of drug-likeness (QED) is 0.691. The van der Waals surface area contributed by atoms with E-state index in [0.29, 0.717) is 24.4 Å². The Labute approximate surface area is 89.1 Å². The Morgan fingerprint density at radius 3 is 2.00 bits per heavy atom. The van der Waals surface area contributed by atoms with E-state index in [1.54, 1.807) is 0 Å². The summed E-state index contributed by atoms with van der Waals surface area (Å²) >= 11 is 0. The minimum absolute atomic E-state index is 0.466. The van der Waals surface area contributed by atoms with Crippen LogP contribution >= 0.6 is 0 Å². The molecule has 0 radical (unpaired) electrons. The summed E-state index contributed by atoms with van der Waals surface area (Å²) in [5.41, 5.74) is -0.572. The van der Waals surface area contributed by atoms with Gasteiger partial charge in [-0.15, -0.1) is 0 Å². The average Bonchev–Trinajstić information content (AvgIpc) is 1.97. The van der Waals surface area contributed by atoms with Gasteiger partial charge in [0.25, 0.3) is 0 Å². The van der Waals surface area contributed by atoms with Crippen LogP contribution < -0.4 is 5.32 Å². The molecular weight excluding hydrogens is 174 g/mol. The molecule has 2 nitrogen and oxygen atoms in total. The highest BCUT2D eigenvalue weighted by Crippen LogP contribution is 2.15. The normalized spacial score (nSPS) is 18.6. The van der Waals surface area contributed by atoms with Gasteiger partial charge in [-0.05, 0) is 32.1 Å². The molecule has 0 saturated heterocycles. The number of nitrogens with one attached hydrogen (secondary N) is 1. The number of rotatable bonds is 6. The predicted molar refractivity (Wildman–Crippen MR) is 62.4 cm³/mol. The zero-order valence-corrected chi connectivity index (χ0v) is 10.6. The molecule has 0 amide bonds. The molecule has 0 rings (SSSR count). The van der Waals surface area contributed by atoms with Gasteiger partial charge in [0.15, 0.2) is 0 Å². The van der Waals surface area contributed by atoms with Crippen molar-refractivity contribution in [2.24, 2.45) is 11.8 Å². The molecule has 0 aromatic rings. The minimum atomic E-state index is -0.572. The molecule has 0 aliphatic rings. The number of aliphatic hydroxyl groups is 1. The Morgan fingerprint density at radius 2 is 1.64 bits per heavy atom. The maximum Gasteiger partial charge on any atom is 0.0746 e. The van der Waals surface area contributed by atoms with Crippen LogP contribution in [0.2, 0.25) is 0 Å². The van der Waals surface area contributed by atoms with Crippen molar-refractivity contribution in [2.75, 3.05) is 6.54 Å². The van der Waals surface area contributed by atoms with Crippen LogP contribution in [0.15, 0.2) is 0 Å². The van der Waals surface area contributed by atoms with Crippen molar-refractivity contribution < 1.29 is 5.11 Å². The van der Waals surface area contributed by atoms with E-state index < -0.39 is 5.60 Å². The van der Waals surface area contributed by atoms with E-state index in [-0.39, 0.29) is 0 Å². The third-order valence-electron chi connectivity index (χ3n) is 2.65. The van der Waals surface area contributed by atoms with Gasteiger partial charge in [-0.2, -0.15) is 0 Å². The van der Waals surface area contributed by atoms with Crippen molar-refractivity contribution >= 4 is 0 Å². The van der Waals surface area contributed by atoms with Crippen molar-refractivity contribution in [3.63, 3.8) is 0 Å². The molecule has 0 bridgehead atoms. The Morgan fingerprint density at radius 1 is 1.14 bits per heavy atom. The fourth-order valence-electron chi connectivity index (χ4n) is 1.57. The Balaban J connectivity index is 3.86. The molecule has 2 atom stereocenters. The van der Waals surface area contributed by atoms with Crippen LogP contribution in [-0.2, 0) is 0 Å². The van der Waals surface area contributed by atoms with Crippen LogP contribution in [-0.4, -0.2) is 23.3 Å². The van der Waals surface area contributed by atoms with Gasteiger partial charge in [-0.1, -0.05) is 27.7 Å². The molecule has 2 unspecified atom stereocenters. The van der Waals surface area contributed by atoms with Crippen molar-refractivity contribution in [3.8, 4) is 0 Å². The zero-order chi connectivity index (χ0) is 11.4. The van der Waals surface area contributed by atoms with Gasteiger partial charge in [-0.3, -0.25) is 0 Å². The van der Waals surface area contributed by atoms with Gasteiger partial charge < -0.3 is 10.4 Å². The summed E-state index contributed by atoms with van der Waals surface area (Å²) in [7, 11) is 0. The molecule has 0 aliphatic carbocycles. The van der Waals surface area contributed by atoms with Crippen LogP contribution in [0.3, 0.4) is 0 Å². The highest BCUT2D eigenvalue weighted by molar-refractivity contribution is 4.79. The SMILES string of the molecule is CC(C)CC(C)(O)CNC(C)C(C)C. The molecule has 0 saturated carbocycles. The second kappa shape index (κ2) is 5.72. The second-order valence-electron chi connectivity index (χ2n) is 5.51. The molecule has 0 aromatic heterocycles. The van der Waals surface area contributed by atoms with Crippen LogP contribution in [0, 0.1) is 11.8 Å². The molecule has 0 heterocycles. The molecule has 0 fully saturated rings. The van der Waals surface area contributed by atoms with Crippen LogP contribution in [0.1, 0.15) is 48.0 Å². The summed E-state index contributed by atoms with van der Waals surface area (Å²) < 4.78 is 0. The van der Waals surface area contributed by atoms with E-state index in [1.165, 1.54) is 0 Å². The maximum atomic E-state index is 10.1. The molecule has 2 N–H and O–H groups in total. The fraction of sp³-hybridized carbons (Fsp3) is 1.00. The van der Waals surface area contributed by atoms with Crippen LogP contribution in [0.25, 0.3) is 0 Å². The molecule has 0 spiro atoms. The second-order valence-corrected chi connectivity index (χ2v) is 5.51. The van der Waals surface area contributed by atoms with E-state index in [4.69, 9.17) is 0 Å². The monoisotopic (exact) mass is 201 g/mol. The standard InChI is InChI=1S/C12H27NO/c1-9(2)7-12(6,14)8-13-11(5)10(3)4/h9-11,13-14H,7-8H2,1-6H3.